The number of alkyl carbamates (subject to hydrolysis) is 1. The summed E-state index contributed by atoms with van der Waals surface area (Å²) in [5.41, 5.74) is -0.0585. The van der Waals surface area contributed by atoms with Gasteiger partial charge in [0.15, 0.2) is 0 Å². The average molecular weight is 385 g/mol. The molecule has 8 heteroatoms. The van der Waals surface area contributed by atoms with Crippen molar-refractivity contribution in [1.29, 1.82) is 0 Å². The number of carbonyl (C=O) groups excluding carboxylic acids is 2. The number of carbonyl (C=O) groups is 2. The molecule has 0 bridgehead atoms. The van der Waals surface area contributed by atoms with Crippen LogP contribution in [0.5, 0.6) is 5.88 Å². The number of pyridine rings is 1. The van der Waals surface area contributed by atoms with Crippen molar-refractivity contribution in [3.63, 3.8) is 0 Å². The summed E-state index contributed by atoms with van der Waals surface area (Å²) >= 11 is 6.04. The fraction of sp³-hybridized carbons (Fsp3) is 0.611. The Morgan fingerprint density at radius 3 is 2.62 bits per heavy atom. The lowest BCUT2D eigenvalue weighted by Gasteiger charge is -2.27. The second-order valence-electron chi connectivity index (χ2n) is 7.21. The van der Waals surface area contributed by atoms with Crippen molar-refractivity contribution in [2.45, 2.75) is 64.2 Å². The van der Waals surface area contributed by atoms with E-state index in [9.17, 15) is 9.59 Å². The zero-order valence-electron chi connectivity index (χ0n) is 15.5. The molecule has 1 aromatic heterocycles. The molecule has 0 aromatic carbocycles. The Bertz CT molecular complexity index is 655. The number of rotatable bonds is 6. The molecule has 1 aromatic rings. The van der Waals surface area contributed by atoms with Crippen molar-refractivity contribution in [2.24, 2.45) is 0 Å². The van der Waals surface area contributed by atoms with Crippen LogP contribution in [0.2, 0.25) is 5.02 Å². The predicted octanol–water partition coefficient (Wildman–Crippen LogP) is 3.28. The number of amides is 1. The van der Waals surface area contributed by atoms with E-state index in [1.54, 1.807) is 26.8 Å². The zero-order chi connectivity index (χ0) is 19.3. The largest absolute Gasteiger partial charge is 0.474 e. The molecule has 0 saturated heterocycles. The molecule has 1 aliphatic carbocycles. The SMILES string of the molecule is COC(=O)[C@H](Cc1cc(Cl)cnc1OC1CCC1)NC(=O)OC(C)(C)C. The number of nitrogens with zero attached hydrogens (tertiary/aromatic N) is 1. The maximum atomic E-state index is 12.1. The Balaban J connectivity index is 2.15. The predicted molar refractivity (Wildman–Crippen MR) is 96.4 cm³/mol. The molecular formula is C18H25ClN2O5. The van der Waals surface area contributed by atoms with Gasteiger partial charge >= 0.3 is 12.1 Å². The smallest absolute Gasteiger partial charge is 0.408 e. The third kappa shape index (κ3) is 6.05. The van der Waals surface area contributed by atoms with Gasteiger partial charge < -0.3 is 19.5 Å². The molecule has 2 rings (SSSR count). The Labute approximate surface area is 158 Å². The summed E-state index contributed by atoms with van der Waals surface area (Å²) in [6, 6.07) is 0.730. The van der Waals surface area contributed by atoms with Gasteiger partial charge in [-0.2, -0.15) is 0 Å². The Kier molecular flexibility index (Phi) is 6.69. The van der Waals surface area contributed by atoms with Crippen molar-refractivity contribution in [2.75, 3.05) is 7.11 Å². The number of hydrogen-bond acceptors (Lipinski definition) is 6. The molecule has 0 spiro atoms. The zero-order valence-corrected chi connectivity index (χ0v) is 16.3. The van der Waals surface area contributed by atoms with Gasteiger partial charge in [-0.3, -0.25) is 0 Å². The summed E-state index contributed by atoms with van der Waals surface area (Å²) in [4.78, 5) is 28.4. The molecule has 1 aliphatic rings. The van der Waals surface area contributed by atoms with E-state index in [1.807, 2.05) is 0 Å². The van der Waals surface area contributed by atoms with Crippen LogP contribution in [-0.2, 0) is 20.7 Å². The average Bonchev–Trinajstić information content (AvgIpc) is 2.49. The summed E-state index contributed by atoms with van der Waals surface area (Å²) in [6.45, 7) is 5.22. The van der Waals surface area contributed by atoms with Gasteiger partial charge in [-0.05, 0) is 46.1 Å². The maximum Gasteiger partial charge on any atom is 0.408 e. The van der Waals surface area contributed by atoms with E-state index in [0.717, 1.165) is 19.3 Å². The van der Waals surface area contributed by atoms with Crippen LogP contribution in [0.25, 0.3) is 0 Å². The van der Waals surface area contributed by atoms with E-state index in [0.29, 0.717) is 16.5 Å². The molecule has 0 radical (unpaired) electrons. The third-order valence-corrected chi connectivity index (χ3v) is 4.03. The highest BCUT2D eigenvalue weighted by molar-refractivity contribution is 6.30. The number of esters is 1. The molecule has 1 heterocycles. The highest BCUT2D eigenvalue weighted by Crippen LogP contribution is 2.28. The van der Waals surface area contributed by atoms with E-state index in [-0.39, 0.29) is 12.5 Å². The minimum atomic E-state index is -0.946. The van der Waals surface area contributed by atoms with E-state index in [4.69, 9.17) is 25.8 Å². The minimum Gasteiger partial charge on any atom is -0.474 e. The number of nitrogens with one attached hydrogen (secondary N) is 1. The monoisotopic (exact) mass is 384 g/mol. The Morgan fingerprint density at radius 1 is 1.38 bits per heavy atom. The molecule has 144 valence electrons. The molecule has 1 N–H and O–H groups in total. The molecule has 7 nitrogen and oxygen atoms in total. The van der Waals surface area contributed by atoms with Crippen LogP contribution in [0.4, 0.5) is 4.79 Å². The summed E-state index contributed by atoms with van der Waals surface area (Å²) in [5.74, 6) is -0.176. The molecule has 1 amide bonds. The van der Waals surface area contributed by atoms with Gasteiger partial charge in [0.2, 0.25) is 5.88 Å². The lowest BCUT2D eigenvalue weighted by atomic mass is 9.96. The Morgan fingerprint density at radius 2 is 2.08 bits per heavy atom. The van der Waals surface area contributed by atoms with Crippen LogP contribution in [0.3, 0.4) is 0 Å². The van der Waals surface area contributed by atoms with Crippen LogP contribution in [-0.4, -0.2) is 41.9 Å². The van der Waals surface area contributed by atoms with Gasteiger partial charge in [-0.25, -0.2) is 14.6 Å². The maximum absolute atomic E-state index is 12.1. The van der Waals surface area contributed by atoms with E-state index in [1.165, 1.54) is 13.3 Å². The first-order valence-corrected chi connectivity index (χ1v) is 8.94. The number of aromatic nitrogens is 1. The number of halogens is 1. The molecular weight excluding hydrogens is 360 g/mol. The second kappa shape index (κ2) is 8.58. The topological polar surface area (TPSA) is 86.8 Å². The van der Waals surface area contributed by atoms with Crippen molar-refractivity contribution in [3.8, 4) is 5.88 Å². The molecule has 26 heavy (non-hydrogen) atoms. The first-order valence-electron chi connectivity index (χ1n) is 8.56. The van der Waals surface area contributed by atoms with Crippen molar-refractivity contribution < 1.29 is 23.8 Å². The van der Waals surface area contributed by atoms with Crippen LogP contribution < -0.4 is 10.1 Å². The summed E-state index contributed by atoms with van der Waals surface area (Å²) in [7, 11) is 1.26. The van der Waals surface area contributed by atoms with Crippen LogP contribution >= 0.6 is 11.6 Å². The van der Waals surface area contributed by atoms with E-state index < -0.39 is 23.7 Å². The van der Waals surface area contributed by atoms with Crippen molar-refractivity contribution >= 4 is 23.7 Å². The number of hydrogen-bond donors (Lipinski definition) is 1. The van der Waals surface area contributed by atoms with Crippen LogP contribution in [0, 0.1) is 0 Å². The molecule has 0 unspecified atom stereocenters. The lowest BCUT2D eigenvalue weighted by Crippen LogP contribution is -2.45. The van der Waals surface area contributed by atoms with Crippen molar-refractivity contribution in [1.82, 2.24) is 10.3 Å². The fourth-order valence-corrected chi connectivity index (χ4v) is 2.55. The highest BCUT2D eigenvalue weighted by Gasteiger charge is 2.28. The summed E-state index contributed by atoms with van der Waals surface area (Å²) in [6.07, 6.45) is 4.11. The van der Waals surface area contributed by atoms with Gasteiger partial charge in [-0.1, -0.05) is 11.6 Å². The summed E-state index contributed by atoms with van der Waals surface area (Å²) < 4.78 is 15.9. The quantitative estimate of drug-likeness (QED) is 0.757. The van der Waals surface area contributed by atoms with Gasteiger partial charge in [0, 0.05) is 18.2 Å². The molecule has 1 atom stereocenters. The minimum absolute atomic E-state index is 0.123. The van der Waals surface area contributed by atoms with Crippen LogP contribution in [0.1, 0.15) is 45.6 Å². The molecule has 1 saturated carbocycles. The standard InChI is InChI=1S/C18H25ClN2O5/c1-18(2,3)26-17(23)21-14(16(22)24-4)9-11-8-12(19)10-20-15(11)25-13-6-5-7-13/h8,10,13-14H,5-7,9H2,1-4H3,(H,21,23)/t14-/m0/s1. The second-order valence-corrected chi connectivity index (χ2v) is 7.65. The van der Waals surface area contributed by atoms with Gasteiger partial charge in [0.25, 0.3) is 0 Å². The first-order chi connectivity index (χ1) is 12.2. The normalized spacial score (nSPS) is 15.6. The molecule has 1 fully saturated rings. The van der Waals surface area contributed by atoms with Crippen LogP contribution in [0.15, 0.2) is 12.3 Å². The van der Waals surface area contributed by atoms with Crippen molar-refractivity contribution in [3.05, 3.63) is 22.8 Å². The first kappa shape index (κ1) is 20.3. The highest BCUT2D eigenvalue weighted by atomic mass is 35.5. The molecule has 0 aliphatic heterocycles. The van der Waals surface area contributed by atoms with Gasteiger partial charge in [0.05, 0.1) is 12.1 Å². The number of ether oxygens (including phenoxy) is 3. The van der Waals surface area contributed by atoms with Gasteiger partial charge in [-0.15, -0.1) is 0 Å². The number of methoxy groups -OCH3 is 1. The Hall–Kier alpha value is -2.02. The summed E-state index contributed by atoms with van der Waals surface area (Å²) in [5, 5.41) is 2.96. The van der Waals surface area contributed by atoms with E-state index in [2.05, 4.69) is 10.3 Å². The third-order valence-electron chi connectivity index (χ3n) is 3.82. The lowest BCUT2D eigenvalue weighted by molar-refractivity contribution is -0.143. The fourth-order valence-electron chi connectivity index (χ4n) is 2.37. The van der Waals surface area contributed by atoms with E-state index >= 15 is 0 Å². The van der Waals surface area contributed by atoms with Gasteiger partial charge in [0.1, 0.15) is 17.7 Å².